The van der Waals surface area contributed by atoms with E-state index < -0.39 is 12.2 Å². The molecule has 1 aromatic heterocycles. The summed E-state index contributed by atoms with van der Waals surface area (Å²) < 4.78 is 30.1. The number of aliphatic hydroxyl groups excluding tert-OH is 1. The number of aromatic nitrogens is 2. The minimum atomic E-state index is -3.37. The van der Waals surface area contributed by atoms with Gasteiger partial charge in [-0.3, -0.25) is 0 Å². The second-order valence-corrected chi connectivity index (χ2v) is 3.89. The molecule has 3 nitrogen and oxygen atoms in total. The van der Waals surface area contributed by atoms with Crippen LogP contribution in [0.3, 0.4) is 0 Å². The molecule has 2 aromatic rings. The van der Waals surface area contributed by atoms with Crippen molar-refractivity contribution in [1.29, 1.82) is 0 Å². The van der Waals surface area contributed by atoms with E-state index in [1.807, 2.05) is 0 Å². The van der Waals surface area contributed by atoms with Crippen LogP contribution in [0.2, 0.25) is 0 Å². The second-order valence-electron chi connectivity index (χ2n) is 3.89. The van der Waals surface area contributed by atoms with Crippen molar-refractivity contribution < 1.29 is 18.5 Å². The van der Waals surface area contributed by atoms with Crippen LogP contribution in [-0.4, -0.2) is 9.67 Å². The zero-order valence-electron chi connectivity index (χ0n) is 9.29. The molecule has 0 aliphatic heterocycles. The summed E-state index contributed by atoms with van der Waals surface area (Å²) in [4.78, 5) is 0. The Morgan fingerprint density at radius 2 is 1.94 bits per heavy atom. The Labute approximate surface area is 97.6 Å². The van der Waals surface area contributed by atoms with Gasteiger partial charge in [0.05, 0.1) is 7.05 Å². The number of aryl methyl sites for hydroxylation is 1. The third kappa shape index (κ3) is 2.19. The molecule has 0 saturated heterocycles. The van der Waals surface area contributed by atoms with E-state index in [0.717, 1.165) is 0 Å². The molecule has 0 spiro atoms. The first-order valence-corrected chi connectivity index (χ1v) is 5.16. The minimum Gasteiger partial charge on any atom is -0.378 e. The average Bonchev–Trinajstić information content (AvgIpc) is 2.77. The van der Waals surface area contributed by atoms with Gasteiger partial charge in [-0.1, -0.05) is 30.3 Å². The number of aliphatic hydroxyl groups is 1. The van der Waals surface area contributed by atoms with Crippen molar-refractivity contribution in [3.63, 3.8) is 0 Å². The van der Waals surface area contributed by atoms with Crippen molar-refractivity contribution in [2.24, 2.45) is 7.05 Å². The van der Waals surface area contributed by atoms with Crippen LogP contribution in [0.4, 0.5) is 8.78 Å². The molecule has 5 heteroatoms. The van der Waals surface area contributed by atoms with Gasteiger partial charge in [0.1, 0.15) is 12.4 Å². The highest BCUT2D eigenvalue weighted by Gasteiger charge is 2.46. The van der Waals surface area contributed by atoms with Gasteiger partial charge in [0.2, 0.25) is 6.33 Å². The van der Waals surface area contributed by atoms with Crippen molar-refractivity contribution >= 4 is 0 Å². The van der Waals surface area contributed by atoms with Crippen LogP contribution >= 0.6 is 0 Å². The Kier molecular flexibility index (Phi) is 2.93. The van der Waals surface area contributed by atoms with Gasteiger partial charge in [0.15, 0.2) is 6.10 Å². The summed E-state index contributed by atoms with van der Waals surface area (Å²) >= 11 is 0. The first kappa shape index (κ1) is 11.7. The van der Waals surface area contributed by atoms with Crippen LogP contribution in [0, 0.1) is 0 Å². The molecule has 1 heterocycles. The quantitative estimate of drug-likeness (QED) is 0.810. The molecule has 0 aliphatic carbocycles. The predicted octanol–water partition coefficient (Wildman–Crippen LogP) is 1.60. The van der Waals surface area contributed by atoms with E-state index in [9.17, 15) is 13.9 Å². The molecule has 0 fully saturated rings. The summed E-state index contributed by atoms with van der Waals surface area (Å²) in [5.74, 6) is 0. The number of imidazole rings is 1. The molecular formula is C12H13F2N2O+. The molecule has 1 atom stereocenters. The number of benzene rings is 1. The molecule has 1 aromatic carbocycles. The van der Waals surface area contributed by atoms with E-state index in [-0.39, 0.29) is 5.56 Å². The van der Waals surface area contributed by atoms with Crippen LogP contribution < -0.4 is 4.57 Å². The molecule has 17 heavy (non-hydrogen) atoms. The van der Waals surface area contributed by atoms with Crippen molar-refractivity contribution in [2.75, 3.05) is 0 Å². The number of alkyl halides is 2. The molecule has 2 rings (SSSR count). The monoisotopic (exact) mass is 239 g/mol. The summed E-state index contributed by atoms with van der Waals surface area (Å²) in [6.45, 7) is 0. The van der Waals surface area contributed by atoms with Crippen molar-refractivity contribution in [3.8, 4) is 0 Å². The summed E-state index contributed by atoms with van der Waals surface area (Å²) in [6, 6.07) is 4.52. The maximum atomic E-state index is 13.9. The lowest BCUT2D eigenvalue weighted by molar-refractivity contribution is -0.671. The molecule has 0 aliphatic rings. The lowest BCUT2D eigenvalue weighted by atomic mass is 10.1. The van der Waals surface area contributed by atoms with Crippen molar-refractivity contribution in [3.05, 3.63) is 54.6 Å². The van der Waals surface area contributed by atoms with Crippen LogP contribution in [0.1, 0.15) is 11.7 Å². The number of nitrogens with zero attached hydrogens (tertiary/aromatic N) is 2. The Bertz CT molecular complexity index is 496. The predicted molar refractivity (Wildman–Crippen MR) is 57.2 cm³/mol. The topological polar surface area (TPSA) is 29.0 Å². The van der Waals surface area contributed by atoms with E-state index in [1.54, 1.807) is 25.2 Å². The van der Waals surface area contributed by atoms with Crippen LogP contribution in [0.15, 0.2) is 49.1 Å². The number of rotatable bonds is 3. The first-order chi connectivity index (χ1) is 8.01. The summed E-state index contributed by atoms with van der Waals surface area (Å²) in [6.07, 6.45) is 2.08. The van der Waals surface area contributed by atoms with E-state index in [4.69, 9.17) is 0 Å². The first-order valence-electron chi connectivity index (χ1n) is 5.16. The normalized spacial score (nSPS) is 13.6. The van der Waals surface area contributed by atoms with E-state index in [0.29, 0.717) is 4.57 Å². The van der Waals surface area contributed by atoms with E-state index >= 15 is 0 Å². The van der Waals surface area contributed by atoms with Crippen LogP contribution in [0.5, 0.6) is 0 Å². The van der Waals surface area contributed by atoms with E-state index in [1.165, 1.54) is 35.4 Å². The van der Waals surface area contributed by atoms with Gasteiger partial charge in [-0.25, -0.2) is 4.57 Å². The molecular weight excluding hydrogens is 226 g/mol. The summed E-state index contributed by atoms with van der Waals surface area (Å²) in [5.41, 5.74) is 0.189. The standard InChI is InChI=1S/C12H13F2N2O/c1-15-7-8-16(9-15)12(13,14)11(17)10-5-3-2-4-6-10/h2-9,11,17H,1H3/q+1/t11-/m0/s1. The van der Waals surface area contributed by atoms with Crippen LogP contribution in [-0.2, 0) is 13.1 Å². The van der Waals surface area contributed by atoms with Gasteiger partial charge >= 0.3 is 6.05 Å². The average molecular weight is 239 g/mol. The number of halogens is 2. The van der Waals surface area contributed by atoms with Gasteiger partial charge in [-0.05, 0) is 5.56 Å². The smallest absolute Gasteiger partial charge is 0.378 e. The fraction of sp³-hybridized carbons (Fsp3) is 0.250. The maximum Gasteiger partial charge on any atom is 0.427 e. The Balaban J connectivity index is 2.33. The van der Waals surface area contributed by atoms with Crippen molar-refractivity contribution in [2.45, 2.75) is 12.2 Å². The summed E-state index contributed by atoms with van der Waals surface area (Å²) in [7, 11) is 1.64. The fourth-order valence-electron chi connectivity index (χ4n) is 1.60. The zero-order valence-corrected chi connectivity index (χ0v) is 9.29. The molecule has 0 amide bonds. The number of hydrogen-bond donors (Lipinski definition) is 1. The Morgan fingerprint density at radius 3 is 2.47 bits per heavy atom. The molecule has 1 N–H and O–H groups in total. The molecule has 90 valence electrons. The second kappa shape index (κ2) is 4.25. The Hall–Kier alpha value is -1.75. The SMILES string of the molecule is C[n+]1ccn(C(F)(F)[C@@H](O)c2ccccc2)c1. The molecule has 0 radical (unpaired) electrons. The lowest BCUT2D eigenvalue weighted by Crippen LogP contribution is -2.32. The van der Waals surface area contributed by atoms with Gasteiger partial charge < -0.3 is 5.11 Å². The molecule has 0 bridgehead atoms. The van der Waals surface area contributed by atoms with Gasteiger partial charge in [0, 0.05) is 0 Å². The fourth-order valence-corrected chi connectivity index (χ4v) is 1.60. The van der Waals surface area contributed by atoms with Gasteiger partial charge in [0.25, 0.3) is 0 Å². The maximum absolute atomic E-state index is 13.9. The zero-order chi connectivity index (χ0) is 12.5. The highest BCUT2D eigenvalue weighted by atomic mass is 19.3. The molecule has 0 saturated carbocycles. The van der Waals surface area contributed by atoms with Crippen LogP contribution in [0.25, 0.3) is 0 Å². The van der Waals surface area contributed by atoms with E-state index in [2.05, 4.69) is 0 Å². The highest BCUT2D eigenvalue weighted by molar-refractivity contribution is 5.18. The Morgan fingerprint density at radius 1 is 1.29 bits per heavy atom. The highest BCUT2D eigenvalue weighted by Crippen LogP contribution is 2.35. The largest absolute Gasteiger partial charge is 0.427 e. The van der Waals surface area contributed by atoms with Crippen molar-refractivity contribution in [1.82, 2.24) is 4.57 Å². The third-order valence-corrected chi connectivity index (χ3v) is 2.56. The van der Waals surface area contributed by atoms with Gasteiger partial charge in [-0.15, -0.1) is 0 Å². The molecule has 0 unspecified atom stereocenters. The number of hydrogen-bond acceptors (Lipinski definition) is 1. The third-order valence-electron chi connectivity index (χ3n) is 2.56. The van der Waals surface area contributed by atoms with Gasteiger partial charge in [-0.2, -0.15) is 13.3 Å². The summed E-state index contributed by atoms with van der Waals surface area (Å²) in [5, 5.41) is 9.73. The minimum absolute atomic E-state index is 0.189. The lowest BCUT2D eigenvalue weighted by Gasteiger charge is -2.19.